The van der Waals surface area contributed by atoms with Crippen LogP contribution in [0.4, 0.5) is 0 Å². The second-order valence-electron chi connectivity index (χ2n) is 4.35. The van der Waals surface area contributed by atoms with Gasteiger partial charge in [0, 0.05) is 0 Å². The van der Waals surface area contributed by atoms with E-state index in [0.29, 0.717) is 11.7 Å². The number of H-pyrrole nitrogens is 1. The first-order valence-electron chi connectivity index (χ1n) is 5.24. The van der Waals surface area contributed by atoms with Gasteiger partial charge < -0.3 is 5.73 Å². The highest BCUT2D eigenvalue weighted by atomic mass is 15.5. The molecule has 0 bridgehead atoms. The predicted octanol–water partition coefficient (Wildman–Crippen LogP) is 0.954. The minimum Gasteiger partial charge on any atom is -0.319 e. The van der Waals surface area contributed by atoms with E-state index in [2.05, 4.69) is 20.6 Å². The van der Waals surface area contributed by atoms with E-state index in [0.717, 1.165) is 0 Å². The third kappa shape index (κ3) is 1.64. The molecular weight excluding hydrogens is 178 g/mol. The normalized spacial score (nSPS) is 23.3. The summed E-state index contributed by atoms with van der Waals surface area (Å²) < 4.78 is 0. The van der Waals surface area contributed by atoms with Gasteiger partial charge in [-0.05, 0) is 25.7 Å². The molecule has 1 atom stereocenters. The van der Waals surface area contributed by atoms with Crippen LogP contribution in [0.1, 0.15) is 44.9 Å². The van der Waals surface area contributed by atoms with E-state index in [1.165, 1.54) is 32.1 Å². The van der Waals surface area contributed by atoms with E-state index < -0.39 is 5.54 Å². The lowest BCUT2D eigenvalue weighted by Crippen LogP contribution is -2.43. The zero-order chi connectivity index (χ0) is 10.0. The molecule has 0 amide bonds. The Balaban J connectivity index is 2.14. The van der Waals surface area contributed by atoms with Gasteiger partial charge in [-0.3, -0.25) is 0 Å². The fourth-order valence-electron chi connectivity index (χ4n) is 2.27. The van der Waals surface area contributed by atoms with Crippen molar-refractivity contribution in [1.29, 1.82) is 0 Å². The highest BCUT2D eigenvalue weighted by Crippen LogP contribution is 2.35. The van der Waals surface area contributed by atoms with E-state index in [1.807, 2.05) is 6.92 Å². The van der Waals surface area contributed by atoms with Crippen molar-refractivity contribution >= 4 is 0 Å². The zero-order valence-electron chi connectivity index (χ0n) is 8.53. The van der Waals surface area contributed by atoms with Gasteiger partial charge in [0.15, 0.2) is 5.82 Å². The Morgan fingerprint density at radius 1 is 1.36 bits per heavy atom. The quantitative estimate of drug-likeness (QED) is 0.736. The van der Waals surface area contributed by atoms with E-state index in [1.54, 1.807) is 0 Å². The third-order valence-corrected chi connectivity index (χ3v) is 3.28. The monoisotopic (exact) mass is 195 g/mol. The molecule has 14 heavy (non-hydrogen) atoms. The van der Waals surface area contributed by atoms with Crippen LogP contribution in [-0.2, 0) is 5.54 Å². The lowest BCUT2D eigenvalue weighted by Gasteiger charge is -2.34. The topological polar surface area (TPSA) is 80.5 Å². The molecule has 1 aromatic rings. The Labute approximate surface area is 83.5 Å². The average Bonchev–Trinajstić information content (AvgIpc) is 2.72. The summed E-state index contributed by atoms with van der Waals surface area (Å²) in [4.78, 5) is 0. The van der Waals surface area contributed by atoms with Gasteiger partial charge in [0.25, 0.3) is 0 Å². The molecule has 5 nitrogen and oxygen atoms in total. The Bertz CT molecular complexity index is 273. The first kappa shape index (κ1) is 9.58. The van der Waals surface area contributed by atoms with Gasteiger partial charge in [-0.25, -0.2) is 0 Å². The van der Waals surface area contributed by atoms with E-state index in [-0.39, 0.29) is 0 Å². The minimum absolute atomic E-state index is 0.423. The fourth-order valence-corrected chi connectivity index (χ4v) is 2.27. The molecule has 0 aliphatic heterocycles. The summed E-state index contributed by atoms with van der Waals surface area (Å²) in [6.45, 7) is 2.01. The highest BCUT2D eigenvalue weighted by Gasteiger charge is 2.36. The van der Waals surface area contributed by atoms with Crippen LogP contribution >= 0.6 is 0 Å². The largest absolute Gasteiger partial charge is 0.319 e. The maximum Gasteiger partial charge on any atom is 0.194 e. The fraction of sp³-hybridized carbons (Fsp3) is 0.889. The molecule has 1 aliphatic carbocycles. The van der Waals surface area contributed by atoms with Gasteiger partial charge in [0.1, 0.15) is 0 Å². The predicted molar refractivity (Wildman–Crippen MR) is 52.3 cm³/mol. The van der Waals surface area contributed by atoms with Crippen LogP contribution in [0.2, 0.25) is 0 Å². The summed E-state index contributed by atoms with van der Waals surface area (Å²) in [5.74, 6) is 1.14. The molecule has 0 aromatic carbocycles. The van der Waals surface area contributed by atoms with Gasteiger partial charge in [0.2, 0.25) is 0 Å². The van der Waals surface area contributed by atoms with Crippen molar-refractivity contribution in [2.24, 2.45) is 11.7 Å². The second kappa shape index (κ2) is 3.65. The van der Waals surface area contributed by atoms with Gasteiger partial charge in [0.05, 0.1) is 5.54 Å². The Morgan fingerprint density at radius 2 is 2.07 bits per heavy atom. The van der Waals surface area contributed by atoms with Crippen LogP contribution in [0.25, 0.3) is 0 Å². The summed E-state index contributed by atoms with van der Waals surface area (Å²) in [7, 11) is 0. The molecule has 0 radical (unpaired) electrons. The molecule has 1 aromatic heterocycles. The molecule has 1 unspecified atom stereocenters. The van der Waals surface area contributed by atoms with Gasteiger partial charge >= 0.3 is 0 Å². The SMILES string of the molecule is CC(N)(c1nn[nH]n1)C1CCCCC1. The van der Waals surface area contributed by atoms with Crippen molar-refractivity contribution in [3.05, 3.63) is 5.82 Å². The van der Waals surface area contributed by atoms with Crippen molar-refractivity contribution in [2.75, 3.05) is 0 Å². The molecule has 0 spiro atoms. The van der Waals surface area contributed by atoms with Crippen LogP contribution in [0.5, 0.6) is 0 Å². The molecule has 3 N–H and O–H groups in total. The summed E-state index contributed by atoms with van der Waals surface area (Å²) in [6, 6.07) is 0. The number of rotatable bonds is 2. The number of hydrogen-bond acceptors (Lipinski definition) is 4. The lowest BCUT2D eigenvalue weighted by atomic mass is 9.76. The first-order chi connectivity index (χ1) is 6.71. The van der Waals surface area contributed by atoms with Gasteiger partial charge in [-0.1, -0.05) is 24.5 Å². The average molecular weight is 195 g/mol. The molecule has 1 heterocycles. The summed E-state index contributed by atoms with van der Waals surface area (Å²) in [6.07, 6.45) is 6.24. The Morgan fingerprint density at radius 3 is 2.64 bits per heavy atom. The summed E-state index contributed by atoms with van der Waals surface area (Å²) in [5, 5.41) is 14.0. The zero-order valence-corrected chi connectivity index (χ0v) is 8.53. The Hall–Kier alpha value is -0.970. The van der Waals surface area contributed by atoms with Gasteiger partial charge in [-0.2, -0.15) is 5.21 Å². The number of nitrogens with two attached hydrogens (primary N) is 1. The van der Waals surface area contributed by atoms with Crippen molar-refractivity contribution in [3.63, 3.8) is 0 Å². The van der Waals surface area contributed by atoms with Crippen molar-refractivity contribution in [2.45, 2.75) is 44.6 Å². The van der Waals surface area contributed by atoms with E-state index in [9.17, 15) is 0 Å². The number of nitrogens with zero attached hydrogens (tertiary/aromatic N) is 3. The van der Waals surface area contributed by atoms with Crippen LogP contribution < -0.4 is 5.73 Å². The van der Waals surface area contributed by atoms with E-state index >= 15 is 0 Å². The molecule has 1 fully saturated rings. The standard InChI is InChI=1S/C9H17N5/c1-9(10,8-11-13-14-12-8)7-5-3-2-4-6-7/h7H,2-6,10H2,1H3,(H,11,12,13,14). The summed E-state index contributed by atoms with van der Waals surface area (Å²) >= 11 is 0. The van der Waals surface area contributed by atoms with Crippen LogP contribution in [-0.4, -0.2) is 20.6 Å². The third-order valence-electron chi connectivity index (χ3n) is 3.28. The molecular formula is C9H17N5. The van der Waals surface area contributed by atoms with E-state index in [4.69, 9.17) is 5.73 Å². The molecule has 1 saturated carbocycles. The van der Waals surface area contributed by atoms with Crippen LogP contribution in [0.3, 0.4) is 0 Å². The maximum absolute atomic E-state index is 6.27. The molecule has 2 rings (SSSR count). The van der Waals surface area contributed by atoms with Crippen molar-refractivity contribution < 1.29 is 0 Å². The number of nitrogens with one attached hydrogen (secondary N) is 1. The number of aromatic amines is 1. The number of aromatic nitrogens is 4. The van der Waals surface area contributed by atoms with Crippen LogP contribution in [0, 0.1) is 5.92 Å². The molecule has 78 valence electrons. The smallest absolute Gasteiger partial charge is 0.194 e. The van der Waals surface area contributed by atoms with Crippen molar-refractivity contribution in [1.82, 2.24) is 20.6 Å². The Kier molecular flexibility index (Phi) is 2.50. The molecule has 1 aliphatic rings. The van der Waals surface area contributed by atoms with Crippen molar-refractivity contribution in [3.8, 4) is 0 Å². The first-order valence-corrected chi connectivity index (χ1v) is 5.24. The highest BCUT2D eigenvalue weighted by molar-refractivity contribution is 5.02. The van der Waals surface area contributed by atoms with Crippen LogP contribution in [0.15, 0.2) is 0 Å². The van der Waals surface area contributed by atoms with Gasteiger partial charge in [-0.15, -0.1) is 10.2 Å². The molecule has 5 heteroatoms. The summed E-state index contributed by atoms with van der Waals surface area (Å²) in [5.41, 5.74) is 5.85. The number of tetrazole rings is 1. The second-order valence-corrected chi connectivity index (χ2v) is 4.35. The lowest BCUT2D eigenvalue weighted by molar-refractivity contribution is 0.214. The number of hydrogen-bond donors (Lipinski definition) is 2. The maximum atomic E-state index is 6.27. The minimum atomic E-state index is -0.423. The molecule has 0 saturated heterocycles.